The highest BCUT2D eigenvalue weighted by Gasteiger charge is 2.30. The third-order valence-electron chi connectivity index (χ3n) is 3.88. The van der Waals surface area contributed by atoms with Crippen molar-refractivity contribution in [1.29, 1.82) is 0 Å². The van der Waals surface area contributed by atoms with E-state index in [0.717, 1.165) is 38.6 Å². The molecule has 0 heterocycles. The zero-order valence-corrected chi connectivity index (χ0v) is 12.8. The Morgan fingerprint density at radius 2 is 2.00 bits per heavy atom. The molecule has 0 spiro atoms. The summed E-state index contributed by atoms with van der Waals surface area (Å²) < 4.78 is 28.7. The fraction of sp³-hybridized carbons (Fsp3) is 0.600. The molecule has 0 saturated heterocycles. The van der Waals surface area contributed by atoms with Crippen molar-refractivity contribution in [2.45, 2.75) is 45.1 Å². The lowest BCUT2D eigenvalue weighted by Crippen LogP contribution is -2.29. The number of hydrogen-bond acceptors (Lipinski definition) is 1. The molecule has 1 atom stereocenters. The van der Waals surface area contributed by atoms with Crippen molar-refractivity contribution in [2.75, 3.05) is 6.54 Å². The maximum atomic E-state index is 14.3. The zero-order valence-electron chi connectivity index (χ0n) is 11.2. The van der Waals surface area contributed by atoms with Crippen LogP contribution in [-0.4, -0.2) is 6.54 Å². The van der Waals surface area contributed by atoms with Crippen LogP contribution in [0.2, 0.25) is 0 Å². The second-order valence-electron chi connectivity index (χ2n) is 5.23. The Labute approximate surface area is 121 Å². The number of rotatable bonds is 5. The second kappa shape index (κ2) is 6.80. The minimum atomic E-state index is -0.458. The molecule has 0 amide bonds. The minimum Gasteiger partial charge on any atom is -0.310 e. The first kappa shape index (κ1) is 14.9. The zero-order chi connectivity index (χ0) is 13.8. The molecule has 19 heavy (non-hydrogen) atoms. The summed E-state index contributed by atoms with van der Waals surface area (Å²) in [6.07, 6.45) is 5.37. The number of nitrogens with one attached hydrogen (secondary N) is 1. The number of hydrogen-bond donors (Lipinski definition) is 1. The molecule has 0 radical (unpaired) electrons. The molecular formula is C15H20BrF2N. The van der Waals surface area contributed by atoms with Crippen LogP contribution in [0, 0.1) is 17.6 Å². The predicted molar refractivity (Wildman–Crippen MR) is 77.1 cm³/mol. The van der Waals surface area contributed by atoms with Gasteiger partial charge in [0.1, 0.15) is 11.6 Å². The average Bonchev–Trinajstić information content (AvgIpc) is 2.92. The Bertz CT molecular complexity index is 430. The van der Waals surface area contributed by atoms with Gasteiger partial charge in [0.2, 0.25) is 0 Å². The molecule has 1 aromatic carbocycles. The van der Waals surface area contributed by atoms with Gasteiger partial charge in [0, 0.05) is 11.6 Å². The van der Waals surface area contributed by atoms with Crippen LogP contribution in [0.25, 0.3) is 0 Å². The maximum absolute atomic E-state index is 14.3. The summed E-state index contributed by atoms with van der Waals surface area (Å²) in [5.41, 5.74) is 0.203. The van der Waals surface area contributed by atoms with Gasteiger partial charge in [0.15, 0.2) is 0 Å². The standard InChI is InChI=1S/C15H20BrF2N/c1-2-9-19-15(10-5-3-4-6-10)13-12(17)8-7-11(16)14(13)18/h7-8,10,15,19H,2-6,9H2,1H3. The van der Waals surface area contributed by atoms with Gasteiger partial charge in [-0.15, -0.1) is 0 Å². The van der Waals surface area contributed by atoms with E-state index in [4.69, 9.17) is 0 Å². The molecule has 4 heteroatoms. The lowest BCUT2D eigenvalue weighted by Gasteiger charge is -2.26. The molecule has 1 fully saturated rings. The Hall–Kier alpha value is -0.480. The molecule has 1 aliphatic carbocycles. The Morgan fingerprint density at radius 3 is 2.63 bits per heavy atom. The van der Waals surface area contributed by atoms with Crippen LogP contribution in [0.1, 0.15) is 50.6 Å². The van der Waals surface area contributed by atoms with Crippen LogP contribution < -0.4 is 5.32 Å². The van der Waals surface area contributed by atoms with Gasteiger partial charge in [-0.25, -0.2) is 8.78 Å². The summed E-state index contributed by atoms with van der Waals surface area (Å²) in [7, 11) is 0. The van der Waals surface area contributed by atoms with E-state index in [1.165, 1.54) is 12.1 Å². The molecule has 1 aliphatic rings. The van der Waals surface area contributed by atoms with Gasteiger partial charge >= 0.3 is 0 Å². The molecule has 0 aromatic heterocycles. The van der Waals surface area contributed by atoms with E-state index in [9.17, 15) is 8.78 Å². The second-order valence-corrected chi connectivity index (χ2v) is 6.09. The monoisotopic (exact) mass is 331 g/mol. The lowest BCUT2D eigenvalue weighted by atomic mass is 9.90. The van der Waals surface area contributed by atoms with Crippen molar-refractivity contribution >= 4 is 15.9 Å². The molecule has 1 saturated carbocycles. The first-order valence-electron chi connectivity index (χ1n) is 7.02. The average molecular weight is 332 g/mol. The summed E-state index contributed by atoms with van der Waals surface area (Å²) in [5.74, 6) is -0.563. The molecule has 0 bridgehead atoms. The normalized spacial score (nSPS) is 17.9. The fourth-order valence-corrected chi connectivity index (χ4v) is 3.27. The molecule has 1 nitrogen and oxygen atoms in total. The first-order valence-corrected chi connectivity index (χ1v) is 7.81. The highest BCUT2D eigenvalue weighted by atomic mass is 79.9. The Balaban J connectivity index is 2.33. The fourth-order valence-electron chi connectivity index (χ4n) is 2.92. The first-order chi connectivity index (χ1) is 9.15. The van der Waals surface area contributed by atoms with Gasteiger partial charge in [-0.1, -0.05) is 19.8 Å². The molecular weight excluding hydrogens is 312 g/mol. The third-order valence-corrected chi connectivity index (χ3v) is 4.49. The Morgan fingerprint density at radius 1 is 1.32 bits per heavy atom. The van der Waals surface area contributed by atoms with Crippen molar-refractivity contribution in [3.05, 3.63) is 33.8 Å². The van der Waals surface area contributed by atoms with Crippen molar-refractivity contribution in [3.8, 4) is 0 Å². The SMILES string of the molecule is CCCNC(c1c(F)ccc(Br)c1F)C1CCCC1. The smallest absolute Gasteiger partial charge is 0.145 e. The molecule has 0 aliphatic heterocycles. The van der Waals surface area contributed by atoms with Gasteiger partial charge in [-0.3, -0.25) is 0 Å². The van der Waals surface area contributed by atoms with Gasteiger partial charge < -0.3 is 5.32 Å². The molecule has 1 unspecified atom stereocenters. The lowest BCUT2D eigenvalue weighted by molar-refractivity contribution is 0.344. The summed E-state index contributed by atoms with van der Waals surface area (Å²) >= 11 is 3.16. The van der Waals surface area contributed by atoms with Crippen LogP contribution >= 0.6 is 15.9 Å². The van der Waals surface area contributed by atoms with E-state index in [1.54, 1.807) is 0 Å². The maximum Gasteiger partial charge on any atom is 0.145 e. The molecule has 1 N–H and O–H groups in total. The third kappa shape index (κ3) is 3.34. The molecule has 106 valence electrons. The summed E-state index contributed by atoms with van der Waals surface area (Å²) in [6.45, 7) is 2.85. The van der Waals surface area contributed by atoms with Crippen LogP contribution in [0.15, 0.2) is 16.6 Å². The van der Waals surface area contributed by atoms with Crippen molar-refractivity contribution in [1.82, 2.24) is 5.32 Å². The molecule has 2 rings (SSSR count). The number of halogens is 3. The van der Waals surface area contributed by atoms with E-state index in [2.05, 4.69) is 28.2 Å². The summed E-state index contributed by atoms with van der Waals surface area (Å²) in [6, 6.07) is 2.57. The van der Waals surface area contributed by atoms with Gasteiger partial charge in [-0.2, -0.15) is 0 Å². The van der Waals surface area contributed by atoms with Crippen LogP contribution in [-0.2, 0) is 0 Å². The summed E-state index contributed by atoms with van der Waals surface area (Å²) in [4.78, 5) is 0. The van der Waals surface area contributed by atoms with E-state index < -0.39 is 11.6 Å². The summed E-state index contributed by atoms with van der Waals surface area (Å²) in [5, 5.41) is 3.34. The highest BCUT2D eigenvalue weighted by Crippen LogP contribution is 2.38. The van der Waals surface area contributed by atoms with Crippen LogP contribution in [0.3, 0.4) is 0 Å². The van der Waals surface area contributed by atoms with E-state index in [-0.39, 0.29) is 11.6 Å². The predicted octanol–water partition coefficient (Wildman–Crippen LogP) is 4.96. The van der Waals surface area contributed by atoms with Gasteiger partial charge in [0.25, 0.3) is 0 Å². The van der Waals surface area contributed by atoms with Crippen molar-refractivity contribution in [3.63, 3.8) is 0 Å². The van der Waals surface area contributed by atoms with Crippen molar-refractivity contribution < 1.29 is 8.78 Å². The topological polar surface area (TPSA) is 12.0 Å². The van der Waals surface area contributed by atoms with E-state index >= 15 is 0 Å². The van der Waals surface area contributed by atoms with E-state index in [1.807, 2.05) is 0 Å². The van der Waals surface area contributed by atoms with Gasteiger partial charge in [-0.05, 0) is 59.8 Å². The highest BCUT2D eigenvalue weighted by molar-refractivity contribution is 9.10. The van der Waals surface area contributed by atoms with Crippen LogP contribution in [0.5, 0.6) is 0 Å². The van der Waals surface area contributed by atoms with Crippen molar-refractivity contribution in [2.24, 2.45) is 5.92 Å². The van der Waals surface area contributed by atoms with E-state index in [0.29, 0.717) is 10.4 Å². The minimum absolute atomic E-state index is 0.203. The van der Waals surface area contributed by atoms with Gasteiger partial charge in [0.05, 0.1) is 4.47 Å². The van der Waals surface area contributed by atoms with Crippen LogP contribution in [0.4, 0.5) is 8.78 Å². The Kier molecular flexibility index (Phi) is 5.34. The quantitative estimate of drug-likeness (QED) is 0.752. The molecule has 1 aromatic rings. The largest absolute Gasteiger partial charge is 0.310 e. The number of benzene rings is 1.